The fraction of sp³-hybridized carbons (Fsp3) is 0.278. The average Bonchev–Trinajstić information content (AvgIpc) is 2.60. The summed E-state index contributed by atoms with van der Waals surface area (Å²) in [5.41, 5.74) is 2.35. The minimum atomic E-state index is -3.28. The number of aliphatic imine (C=N–C) groups is 1. The standard InChI is InChI=1S/C18H23N3O2S.HI/c1-15-8-10-16(11-9-15)14-21-18(19-2)20-12-13-24(22,23)17-6-4-3-5-7-17;/h3-11H,12-14H2,1-2H3,(H2,19,20,21);1H. The molecule has 0 radical (unpaired) electrons. The average molecular weight is 473 g/mol. The molecule has 25 heavy (non-hydrogen) atoms. The van der Waals surface area contributed by atoms with Crippen LogP contribution in [0.4, 0.5) is 0 Å². The minimum Gasteiger partial charge on any atom is -0.355 e. The predicted octanol–water partition coefficient (Wildman–Crippen LogP) is 2.75. The fourth-order valence-electron chi connectivity index (χ4n) is 2.16. The van der Waals surface area contributed by atoms with Gasteiger partial charge in [-0.15, -0.1) is 24.0 Å². The van der Waals surface area contributed by atoms with Crippen LogP contribution >= 0.6 is 24.0 Å². The summed E-state index contributed by atoms with van der Waals surface area (Å²) in [5.74, 6) is 0.598. The van der Waals surface area contributed by atoms with Crippen molar-refractivity contribution in [2.75, 3.05) is 19.3 Å². The molecule has 0 atom stereocenters. The molecule has 2 N–H and O–H groups in total. The summed E-state index contributed by atoms with van der Waals surface area (Å²) in [5, 5.41) is 6.21. The summed E-state index contributed by atoms with van der Waals surface area (Å²) in [6.07, 6.45) is 0. The lowest BCUT2D eigenvalue weighted by Gasteiger charge is -2.12. The van der Waals surface area contributed by atoms with Crippen molar-refractivity contribution in [3.63, 3.8) is 0 Å². The van der Waals surface area contributed by atoms with Crippen LogP contribution < -0.4 is 10.6 Å². The molecule has 136 valence electrons. The molecule has 0 aliphatic carbocycles. The van der Waals surface area contributed by atoms with Gasteiger partial charge in [-0.3, -0.25) is 4.99 Å². The van der Waals surface area contributed by atoms with E-state index in [0.29, 0.717) is 23.9 Å². The van der Waals surface area contributed by atoms with Gasteiger partial charge in [0.2, 0.25) is 0 Å². The number of sulfone groups is 1. The van der Waals surface area contributed by atoms with Crippen molar-refractivity contribution in [1.82, 2.24) is 10.6 Å². The Bertz CT molecular complexity index is 776. The van der Waals surface area contributed by atoms with E-state index in [0.717, 1.165) is 5.56 Å². The van der Waals surface area contributed by atoms with Gasteiger partial charge >= 0.3 is 0 Å². The lowest BCUT2D eigenvalue weighted by atomic mass is 10.1. The summed E-state index contributed by atoms with van der Waals surface area (Å²) >= 11 is 0. The van der Waals surface area contributed by atoms with E-state index < -0.39 is 9.84 Å². The number of halogens is 1. The first-order valence-corrected chi connectivity index (χ1v) is 9.44. The first-order chi connectivity index (χ1) is 11.5. The third-order valence-corrected chi connectivity index (χ3v) is 5.30. The van der Waals surface area contributed by atoms with Gasteiger partial charge in [0.25, 0.3) is 0 Å². The maximum atomic E-state index is 12.2. The maximum absolute atomic E-state index is 12.2. The predicted molar refractivity (Wildman–Crippen MR) is 113 cm³/mol. The van der Waals surface area contributed by atoms with Crippen LogP contribution in [0.2, 0.25) is 0 Å². The van der Waals surface area contributed by atoms with Gasteiger partial charge in [-0.2, -0.15) is 0 Å². The van der Waals surface area contributed by atoms with Gasteiger partial charge in [-0.25, -0.2) is 8.42 Å². The second-order valence-electron chi connectivity index (χ2n) is 5.47. The summed E-state index contributed by atoms with van der Waals surface area (Å²) in [6.45, 7) is 2.97. The quantitative estimate of drug-likeness (QED) is 0.385. The lowest BCUT2D eigenvalue weighted by molar-refractivity contribution is 0.594. The van der Waals surface area contributed by atoms with Gasteiger partial charge in [0.05, 0.1) is 10.6 Å². The second-order valence-corrected chi connectivity index (χ2v) is 7.58. The van der Waals surface area contributed by atoms with Gasteiger partial charge in [-0.05, 0) is 24.6 Å². The molecule has 0 amide bonds. The molecule has 2 aromatic rings. The van der Waals surface area contributed by atoms with Crippen LogP contribution in [-0.4, -0.2) is 33.7 Å². The van der Waals surface area contributed by atoms with Crippen LogP contribution in [0, 0.1) is 6.92 Å². The molecule has 0 unspecified atom stereocenters. The number of nitrogens with zero attached hydrogens (tertiary/aromatic N) is 1. The Labute approximate surface area is 166 Å². The molecule has 0 aromatic heterocycles. The van der Waals surface area contributed by atoms with Gasteiger partial charge in [0, 0.05) is 20.1 Å². The van der Waals surface area contributed by atoms with E-state index in [4.69, 9.17) is 0 Å². The van der Waals surface area contributed by atoms with Crippen LogP contribution in [0.25, 0.3) is 0 Å². The zero-order valence-corrected chi connectivity index (χ0v) is 17.5. The molecule has 0 heterocycles. The van der Waals surface area contributed by atoms with E-state index in [2.05, 4.69) is 39.9 Å². The number of guanidine groups is 1. The van der Waals surface area contributed by atoms with E-state index in [1.54, 1.807) is 37.4 Å². The van der Waals surface area contributed by atoms with Gasteiger partial charge in [0.15, 0.2) is 15.8 Å². The molecule has 0 saturated carbocycles. The number of benzene rings is 2. The van der Waals surface area contributed by atoms with Crippen LogP contribution in [0.5, 0.6) is 0 Å². The van der Waals surface area contributed by atoms with Crippen molar-refractivity contribution in [2.45, 2.75) is 18.4 Å². The van der Waals surface area contributed by atoms with E-state index in [1.165, 1.54) is 5.56 Å². The molecular formula is C18H24IN3O2S. The molecule has 0 spiro atoms. The van der Waals surface area contributed by atoms with E-state index in [1.807, 2.05) is 6.92 Å². The molecule has 2 aromatic carbocycles. The molecular weight excluding hydrogens is 449 g/mol. The summed E-state index contributed by atoms with van der Waals surface area (Å²) in [6, 6.07) is 16.7. The first-order valence-electron chi connectivity index (χ1n) is 7.79. The van der Waals surface area contributed by atoms with Crippen LogP contribution in [0.3, 0.4) is 0 Å². The van der Waals surface area contributed by atoms with Gasteiger partial charge in [-0.1, -0.05) is 48.0 Å². The Kier molecular flexibility index (Phi) is 8.91. The van der Waals surface area contributed by atoms with Crippen LogP contribution in [0.1, 0.15) is 11.1 Å². The highest BCUT2D eigenvalue weighted by Crippen LogP contribution is 2.09. The molecule has 0 bridgehead atoms. The summed E-state index contributed by atoms with van der Waals surface area (Å²) in [7, 11) is -1.62. The second kappa shape index (κ2) is 10.4. The fourth-order valence-corrected chi connectivity index (χ4v) is 3.34. The number of aryl methyl sites for hydroxylation is 1. The van der Waals surface area contributed by atoms with Gasteiger partial charge < -0.3 is 10.6 Å². The molecule has 0 saturated heterocycles. The zero-order chi connectivity index (χ0) is 17.4. The van der Waals surface area contributed by atoms with Crippen molar-refractivity contribution in [3.8, 4) is 0 Å². The van der Waals surface area contributed by atoms with Gasteiger partial charge in [0.1, 0.15) is 0 Å². The normalized spacial score (nSPS) is 11.5. The van der Waals surface area contributed by atoms with E-state index in [-0.39, 0.29) is 29.7 Å². The summed E-state index contributed by atoms with van der Waals surface area (Å²) in [4.78, 5) is 4.45. The number of nitrogens with one attached hydrogen (secondary N) is 2. The Balaban J connectivity index is 0.00000312. The molecule has 0 aliphatic rings. The highest BCUT2D eigenvalue weighted by molar-refractivity contribution is 14.0. The molecule has 5 nitrogen and oxygen atoms in total. The molecule has 7 heteroatoms. The molecule has 2 rings (SSSR count). The van der Waals surface area contributed by atoms with Crippen LogP contribution in [0.15, 0.2) is 64.5 Å². The van der Waals surface area contributed by atoms with Crippen LogP contribution in [-0.2, 0) is 16.4 Å². The molecule has 0 fully saturated rings. The Morgan fingerprint density at radius 2 is 1.64 bits per heavy atom. The number of rotatable bonds is 6. The van der Waals surface area contributed by atoms with Crippen molar-refractivity contribution in [1.29, 1.82) is 0 Å². The Morgan fingerprint density at radius 1 is 1.00 bits per heavy atom. The zero-order valence-electron chi connectivity index (χ0n) is 14.4. The Morgan fingerprint density at radius 3 is 2.24 bits per heavy atom. The SMILES string of the molecule is CN=C(NCCS(=O)(=O)c1ccccc1)NCc1ccc(C)cc1.I. The largest absolute Gasteiger partial charge is 0.355 e. The highest BCUT2D eigenvalue weighted by atomic mass is 127. The topological polar surface area (TPSA) is 70.6 Å². The third-order valence-electron chi connectivity index (χ3n) is 3.57. The first kappa shape index (κ1) is 21.4. The summed E-state index contributed by atoms with van der Waals surface area (Å²) < 4.78 is 24.4. The monoisotopic (exact) mass is 473 g/mol. The third kappa shape index (κ3) is 7.03. The van der Waals surface area contributed by atoms with Crippen molar-refractivity contribution in [2.24, 2.45) is 4.99 Å². The van der Waals surface area contributed by atoms with Crippen molar-refractivity contribution in [3.05, 3.63) is 65.7 Å². The Hall–Kier alpha value is -1.61. The lowest BCUT2D eigenvalue weighted by Crippen LogP contribution is -2.39. The smallest absolute Gasteiger partial charge is 0.191 e. The number of hydrogen-bond acceptors (Lipinski definition) is 3. The number of hydrogen-bond donors (Lipinski definition) is 2. The maximum Gasteiger partial charge on any atom is 0.191 e. The van der Waals surface area contributed by atoms with E-state index >= 15 is 0 Å². The minimum absolute atomic E-state index is 0. The highest BCUT2D eigenvalue weighted by Gasteiger charge is 2.13. The van der Waals surface area contributed by atoms with E-state index in [9.17, 15) is 8.42 Å². The van der Waals surface area contributed by atoms with Crippen molar-refractivity contribution >= 4 is 39.8 Å². The molecule has 0 aliphatic heterocycles. The van der Waals surface area contributed by atoms with Crippen molar-refractivity contribution < 1.29 is 8.42 Å².